The van der Waals surface area contributed by atoms with Crippen LogP contribution >= 0.6 is 0 Å². The first kappa shape index (κ1) is 37.4. The fraction of sp³-hybridized carbons (Fsp3) is 0.541. The molecule has 1 aliphatic carbocycles. The summed E-state index contributed by atoms with van der Waals surface area (Å²) in [5.74, 6) is -1.11. The summed E-state index contributed by atoms with van der Waals surface area (Å²) in [5, 5.41) is 24.5. The Hall–Kier alpha value is -3.81. The van der Waals surface area contributed by atoms with Gasteiger partial charge in [-0.15, -0.1) is 0 Å². The average molecular weight is 623 g/mol. The third-order valence-corrected chi connectivity index (χ3v) is 9.24. The Kier molecular flexibility index (Phi) is 14.2. The average Bonchev–Trinajstić information content (AvgIpc) is 2.99. The van der Waals surface area contributed by atoms with Crippen LogP contribution in [0.4, 0.5) is 11.4 Å². The number of anilines is 2. The molecule has 1 saturated carbocycles. The van der Waals surface area contributed by atoms with E-state index in [1.165, 1.54) is 12.8 Å². The molecule has 0 aromatic heterocycles. The van der Waals surface area contributed by atoms with Crippen molar-refractivity contribution in [2.75, 3.05) is 10.6 Å². The number of carbonyl (C=O) groups excluding carboxylic acids is 1. The molecular weight excluding hydrogens is 568 g/mol. The van der Waals surface area contributed by atoms with Crippen LogP contribution in [0.15, 0.2) is 60.8 Å². The SMILES string of the molecule is C=C(Nc1ccc(Oc2ccc(NC(=O)[C@H]3CCCC[C@H]3C(=O)O)cc2)cc1)C(CC)CCCC.CC(C)(C)C(C)(C)C(=O)O. The Morgan fingerprint density at radius 2 is 1.33 bits per heavy atom. The van der Waals surface area contributed by atoms with Gasteiger partial charge < -0.3 is 25.6 Å². The molecule has 0 aliphatic heterocycles. The number of allylic oxidation sites excluding steroid dienone is 1. The second-order valence-corrected chi connectivity index (χ2v) is 13.6. The van der Waals surface area contributed by atoms with Gasteiger partial charge in [-0.1, -0.05) is 66.9 Å². The Bertz CT molecular complexity index is 1260. The number of carbonyl (C=O) groups is 3. The molecule has 2 aromatic rings. The van der Waals surface area contributed by atoms with E-state index in [1.807, 2.05) is 45.0 Å². The summed E-state index contributed by atoms with van der Waals surface area (Å²) in [7, 11) is 0. The standard InChI is InChI=1S/C29H38N2O4.C8H16O2/c1-4-6-9-21(5-2)20(3)30-22-12-16-24(17-13-22)35-25-18-14-23(15-19-25)31-28(32)26-10-7-8-11-27(26)29(33)34;1-7(2,3)8(4,5)6(9)10/h12-19,21,26-27,30H,3-11H2,1-2H3,(H,31,32)(H,33,34);1-5H3,(H,9,10)/t21?,26-,27+;/m0./s1. The maximum absolute atomic E-state index is 12.7. The minimum Gasteiger partial charge on any atom is -0.481 e. The van der Waals surface area contributed by atoms with Gasteiger partial charge in [-0.2, -0.15) is 0 Å². The summed E-state index contributed by atoms with van der Waals surface area (Å²) in [6.45, 7) is 17.9. The first-order valence-corrected chi connectivity index (χ1v) is 16.2. The number of unbranched alkanes of at least 4 members (excludes halogenated alkanes) is 1. The molecular formula is C37H54N2O6. The number of amides is 1. The molecule has 1 fully saturated rings. The lowest BCUT2D eigenvalue weighted by Crippen LogP contribution is -2.37. The number of benzene rings is 2. The van der Waals surface area contributed by atoms with E-state index in [0.29, 0.717) is 35.9 Å². The molecule has 0 bridgehead atoms. The van der Waals surface area contributed by atoms with Crippen molar-refractivity contribution in [1.82, 2.24) is 0 Å². The van der Waals surface area contributed by atoms with E-state index in [1.54, 1.807) is 38.1 Å². The number of rotatable bonds is 13. The predicted octanol–water partition coefficient (Wildman–Crippen LogP) is 9.59. The van der Waals surface area contributed by atoms with E-state index in [-0.39, 0.29) is 11.3 Å². The fourth-order valence-electron chi connectivity index (χ4n) is 5.01. The predicted molar refractivity (Wildman–Crippen MR) is 182 cm³/mol. The lowest BCUT2D eigenvalue weighted by atomic mass is 9.69. The summed E-state index contributed by atoms with van der Waals surface area (Å²) in [4.78, 5) is 34.8. The van der Waals surface area contributed by atoms with Crippen LogP contribution in [0.25, 0.3) is 0 Å². The number of hydrogen-bond donors (Lipinski definition) is 4. The van der Waals surface area contributed by atoms with Gasteiger partial charge in [0, 0.05) is 17.1 Å². The lowest BCUT2D eigenvalue weighted by molar-refractivity contribution is -0.153. The van der Waals surface area contributed by atoms with Gasteiger partial charge >= 0.3 is 11.9 Å². The molecule has 1 amide bonds. The fourth-order valence-corrected chi connectivity index (χ4v) is 5.01. The molecule has 0 radical (unpaired) electrons. The van der Waals surface area contributed by atoms with E-state index in [2.05, 4.69) is 31.1 Å². The molecule has 0 spiro atoms. The second-order valence-electron chi connectivity index (χ2n) is 13.6. The molecule has 8 heteroatoms. The zero-order valence-electron chi connectivity index (χ0n) is 28.2. The number of carboxylic acid groups (broad SMARTS) is 2. The van der Waals surface area contributed by atoms with Crippen molar-refractivity contribution in [3.8, 4) is 11.5 Å². The van der Waals surface area contributed by atoms with Gasteiger partial charge in [0.05, 0.1) is 17.3 Å². The van der Waals surface area contributed by atoms with Gasteiger partial charge in [-0.05, 0) is 99.4 Å². The van der Waals surface area contributed by atoms with Crippen molar-refractivity contribution in [3.05, 3.63) is 60.8 Å². The van der Waals surface area contributed by atoms with E-state index >= 15 is 0 Å². The maximum Gasteiger partial charge on any atom is 0.309 e. The molecule has 0 saturated heterocycles. The Labute approximate surface area is 269 Å². The summed E-state index contributed by atoms with van der Waals surface area (Å²) in [6.07, 6.45) is 7.53. The Morgan fingerprint density at radius 1 is 0.844 bits per heavy atom. The van der Waals surface area contributed by atoms with Gasteiger partial charge in [-0.3, -0.25) is 14.4 Å². The lowest BCUT2D eigenvalue weighted by Gasteiger charge is -2.34. The van der Waals surface area contributed by atoms with Crippen LogP contribution in [0.5, 0.6) is 11.5 Å². The molecule has 1 unspecified atom stereocenters. The smallest absolute Gasteiger partial charge is 0.309 e. The van der Waals surface area contributed by atoms with Crippen molar-refractivity contribution in [3.63, 3.8) is 0 Å². The molecule has 45 heavy (non-hydrogen) atoms. The molecule has 8 nitrogen and oxygen atoms in total. The van der Waals surface area contributed by atoms with Crippen LogP contribution in [-0.4, -0.2) is 28.1 Å². The summed E-state index contributed by atoms with van der Waals surface area (Å²) in [6, 6.07) is 14.9. The van der Waals surface area contributed by atoms with Crippen molar-refractivity contribution in [1.29, 1.82) is 0 Å². The van der Waals surface area contributed by atoms with Crippen LogP contribution < -0.4 is 15.4 Å². The number of nitrogens with one attached hydrogen (secondary N) is 2. The zero-order chi connectivity index (χ0) is 33.8. The summed E-state index contributed by atoms with van der Waals surface area (Å²) in [5.41, 5.74) is 1.84. The Morgan fingerprint density at radius 3 is 1.73 bits per heavy atom. The first-order chi connectivity index (χ1) is 21.1. The van der Waals surface area contributed by atoms with Gasteiger partial charge in [0.2, 0.25) is 5.91 Å². The van der Waals surface area contributed by atoms with Crippen LogP contribution in [0.1, 0.15) is 99.8 Å². The molecule has 3 atom stereocenters. The van der Waals surface area contributed by atoms with Crippen molar-refractivity contribution in [2.24, 2.45) is 28.6 Å². The number of ether oxygens (including phenoxy) is 1. The van der Waals surface area contributed by atoms with Crippen molar-refractivity contribution < 1.29 is 29.3 Å². The van der Waals surface area contributed by atoms with E-state index in [9.17, 15) is 19.5 Å². The molecule has 1 aliphatic rings. The highest BCUT2D eigenvalue weighted by atomic mass is 16.5. The van der Waals surface area contributed by atoms with Crippen LogP contribution in [0.2, 0.25) is 0 Å². The zero-order valence-corrected chi connectivity index (χ0v) is 28.2. The molecule has 3 rings (SSSR count). The van der Waals surface area contributed by atoms with Crippen LogP contribution in [0, 0.1) is 28.6 Å². The van der Waals surface area contributed by atoms with Gasteiger partial charge in [-0.25, -0.2) is 0 Å². The highest BCUT2D eigenvalue weighted by molar-refractivity contribution is 5.95. The van der Waals surface area contributed by atoms with Gasteiger partial charge in [0.15, 0.2) is 0 Å². The number of hydrogen-bond acceptors (Lipinski definition) is 5. The highest BCUT2D eigenvalue weighted by Gasteiger charge is 2.39. The minimum absolute atomic E-state index is 0.182. The maximum atomic E-state index is 12.7. The van der Waals surface area contributed by atoms with Crippen LogP contribution in [-0.2, 0) is 14.4 Å². The monoisotopic (exact) mass is 622 g/mol. The highest BCUT2D eigenvalue weighted by Crippen LogP contribution is 2.37. The third kappa shape index (κ3) is 11.2. The second kappa shape index (κ2) is 17.0. The summed E-state index contributed by atoms with van der Waals surface area (Å²) < 4.78 is 5.94. The molecule has 4 N–H and O–H groups in total. The quantitative estimate of drug-likeness (QED) is 0.175. The van der Waals surface area contributed by atoms with Crippen LogP contribution in [0.3, 0.4) is 0 Å². The molecule has 2 aromatic carbocycles. The van der Waals surface area contributed by atoms with E-state index < -0.39 is 29.2 Å². The van der Waals surface area contributed by atoms with Gasteiger partial charge in [0.1, 0.15) is 11.5 Å². The van der Waals surface area contributed by atoms with Crippen molar-refractivity contribution >= 4 is 29.2 Å². The Balaban J connectivity index is 0.000000607. The van der Waals surface area contributed by atoms with Crippen molar-refractivity contribution in [2.45, 2.75) is 99.8 Å². The number of aliphatic carboxylic acids is 2. The normalized spacial score (nSPS) is 17.2. The molecule has 248 valence electrons. The van der Waals surface area contributed by atoms with Gasteiger partial charge in [0.25, 0.3) is 0 Å². The van der Waals surface area contributed by atoms with E-state index in [4.69, 9.17) is 9.84 Å². The first-order valence-electron chi connectivity index (χ1n) is 16.2. The minimum atomic E-state index is -0.888. The van der Waals surface area contributed by atoms with E-state index in [0.717, 1.165) is 37.1 Å². The number of carboxylic acids is 2. The topological polar surface area (TPSA) is 125 Å². The summed E-state index contributed by atoms with van der Waals surface area (Å²) >= 11 is 0. The third-order valence-electron chi connectivity index (χ3n) is 9.24. The largest absolute Gasteiger partial charge is 0.481 e. The molecule has 0 heterocycles.